The van der Waals surface area contributed by atoms with E-state index in [0.717, 1.165) is 4.90 Å². The number of halogens is 1. The van der Waals surface area contributed by atoms with Gasteiger partial charge in [0.25, 0.3) is 11.8 Å². The van der Waals surface area contributed by atoms with E-state index in [1.807, 2.05) is 0 Å². The Balaban J connectivity index is 1.68. The number of carbonyl (C=O) groups is 3. The van der Waals surface area contributed by atoms with E-state index < -0.39 is 17.6 Å². The molecule has 0 atom stereocenters. The standard InChI is InChI=1S/C23H15FN2O4S/c1-13(27)14-5-4-6-15(11-14)20-10-9-16(30-20)12-17-21(28)25-23(31)26(22(17)29)19-8-3-2-7-18(19)24/h2-12H,1H3,(H,25,28,31)/b17-12+. The number of nitrogens with one attached hydrogen (secondary N) is 1. The number of carbonyl (C=O) groups excluding carboxylic acids is 3. The molecule has 0 spiro atoms. The Hall–Kier alpha value is -3.91. The summed E-state index contributed by atoms with van der Waals surface area (Å²) in [7, 11) is 0. The Morgan fingerprint density at radius 3 is 2.61 bits per heavy atom. The van der Waals surface area contributed by atoms with E-state index in [2.05, 4.69) is 5.32 Å². The maximum Gasteiger partial charge on any atom is 0.270 e. The van der Waals surface area contributed by atoms with E-state index in [1.54, 1.807) is 42.5 Å². The van der Waals surface area contributed by atoms with E-state index in [9.17, 15) is 18.8 Å². The third-order valence-corrected chi connectivity index (χ3v) is 4.95. The van der Waals surface area contributed by atoms with E-state index >= 15 is 0 Å². The SMILES string of the molecule is CC(=O)c1cccc(-c2ccc(/C=C3\C(=O)NC(=S)N(c4ccccc4F)C3=O)o2)c1. The van der Waals surface area contributed by atoms with E-state index in [1.165, 1.54) is 31.2 Å². The number of amides is 2. The molecule has 0 radical (unpaired) electrons. The molecule has 154 valence electrons. The number of ketones is 1. The van der Waals surface area contributed by atoms with Crippen LogP contribution >= 0.6 is 12.2 Å². The van der Waals surface area contributed by atoms with Crippen LogP contribution in [0.25, 0.3) is 17.4 Å². The summed E-state index contributed by atoms with van der Waals surface area (Å²) in [6.45, 7) is 1.47. The highest BCUT2D eigenvalue weighted by atomic mass is 32.1. The van der Waals surface area contributed by atoms with Gasteiger partial charge in [-0.3, -0.25) is 19.7 Å². The van der Waals surface area contributed by atoms with Gasteiger partial charge in [0.15, 0.2) is 10.9 Å². The van der Waals surface area contributed by atoms with Crippen molar-refractivity contribution in [3.63, 3.8) is 0 Å². The number of nitrogens with zero attached hydrogens (tertiary/aromatic N) is 1. The average molecular weight is 434 g/mol. The minimum absolute atomic E-state index is 0.0652. The number of rotatable bonds is 4. The monoisotopic (exact) mass is 434 g/mol. The lowest BCUT2D eigenvalue weighted by Crippen LogP contribution is -2.54. The highest BCUT2D eigenvalue weighted by molar-refractivity contribution is 7.80. The van der Waals surface area contributed by atoms with Crippen LogP contribution in [-0.2, 0) is 9.59 Å². The van der Waals surface area contributed by atoms with E-state index in [4.69, 9.17) is 16.6 Å². The molecule has 1 saturated heterocycles. The summed E-state index contributed by atoms with van der Waals surface area (Å²) in [6, 6.07) is 15.8. The lowest BCUT2D eigenvalue weighted by molar-refractivity contribution is -0.122. The van der Waals surface area contributed by atoms with Gasteiger partial charge in [0.1, 0.15) is 22.9 Å². The van der Waals surface area contributed by atoms with Crippen LogP contribution in [0.5, 0.6) is 0 Å². The number of benzene rings is 2. The summed E-state index contributed by atoms with van der Waals surface area (Å²) < 4.78 is 20.0. The zero-order chi connectivity index (χ0) is 22.1. The Bertz CT molecular complexity index is 1280. The van der Waals surface area contributed by atoms with Gasteiger partial charge in [-0.15, -0.1) is 0 Å². The predicted molar refractivity (Wildman–Crippen MR) is 117 cm³/mol. The van der Waals surface area contributed by atoms with Gasteiger partial charge in [-0.1, -0.05) is 30.3 Å². The van der Waals surface area contributed by atoms with Crippen molar-refractivity contribution in [2.75, 3.05) is 4.90 Å². The quantitative estimate of drug-likeness (QED) is 0.289. The van der Waals surface area contributed by atoms with Crippen LogP contribution in [0.2, 0.25) is 0 Å². The molecule has 2 amide bonds. The largest absolute Gasteiger partial charge is 0.457 e. The molecule has 8 heteroatoms. The van der Waals surface area contributed by atoms with Crippen molar-refractivity contribution in [2.24, 2.45) is 0 Å². The molecular weight excluding hydrogens is 419 g/mol. The van der Waals surface area contributed by atoms with Crippen LogP contribution in [0.15, 0.2) is 70.7 Å². The minimum atomic E-state index is -0.768. The normalized spacial score (nSPS) is 15.4. The summed E-state index contributed by atoms with van der Waals surface area (Å²) in [5.41, 5.74) is 0.885. The molecule has 1 aromatic heterocycles. The third-order valence-electron chi connectivity index (χ3n) is 4.66. The highest BCUT2D eigenvalue weighted by Gasteiger charge is 2.35. The van der Waals surface area contributed by atoms with Crippen molar-refractivity contribution in [3.05, 3.63) is 83.4 Å². The summed E-state index contributed by atoms with van der Waals surface area (Å²) in [5.74, 6) is -1.51. The molecule has 0 unspecified atom stereocenters. The summed E-state index contributed by atoms with van der Waals surface area (Å²) in [5, 5.41) is 2.19. The molecule has 0 bridgehead atoms. The summed E-state index contributed by atoms with van der Waals surface area (Å²) >= 11 is 5.07. The van der Waals surface area contributed by atoms with Crippen LogP contribution in [0.4, 0.5) is 10.1 Å². The zero-order valence-corrected chi connectivity index (χ0v) is 17.0. The van der Waals surface area contributed by atoms with Crippen molar-refractivity contribution in [1.82, 2.24) is 5.32 Å². The summed E-state index contributed by atoms with van der Waals surface area (Å²) in [6.07, 6.45) is 1.27. The summed E-state index contributed by atoms with van der Waals surface area (Å²) in [4.78, 5) is 37.9. The van der Waals surface area contributed by atoms with Crippen LogP contribution in [0, 0.1) is 5.82 Å². The Morgan fingerprint density at radius 1 is 1.10 bits per heavy atom. The topological polar surface area (TPSA) is 79.6 Å². The fraction of sp³-hybridized carbons (Fsp3) is 0.0435. The van der Waals surface area contributed by atoms with Crippen LogP contribution in [0.1, 0.15) is 23.0 Å². The molecule has 4 rings (SSSR count). The smallest absolute Gasteiger partial charge is 0.270 e. The van der Waals surface area contributed by atoms with Crippen LogP contribution < -0.4 is 10.2 Å². The van der Waals surface area contributed by atoms with Gasteiger partial charge >= 0.3 is 0 Å². The predicted octanol–water partition coefficient (Wildman–Crippen LogP) is 4.12. The number of hydrogen-bond donors (Lipinski definition) is 1. The molecule has 0 aliphatic carbocycles. The Morgan fingerprint density at radius 2 is 1.87 bits per heavy atom. The average Bonchev–Trinajstić information content (AvgIpc) is 3.21. The Labute approximate surface area is 182 Å². The van der Waals surface area contributed by atoms with Crippen molar-refractivity contribution in [2.45, 2.75) is 6.92 Å². The molecule has 1 aliphatic heterocycles. The second-order valence-corrected chi connectivity index (χ2v) is 7.13. The molecular formula is C23H15FN2O4S. The number of hydrogen-bond acceptors (Lipinski definition) is 5. The van der Waals surface area contributed by atoms with Gasteiger partial charge in [0.2, 0.25) is 0 Å². The van der Waals surface area contributed by atoms with E-state index in [0.29, 0.717) is 16.9 Å². The molecule has 2 aromatic carbocycles. The first kappa shape index (κ1) is 20.4. The maximum atomic E-state index is 14.2. The van der Waals surface area contributed by atoms with Crippen molar-refractivity contribution >= 4 is 46.7 Å². The van der Waals surface area contributed by atoms with Crippen LogP contribution in [-0.4, -0.2) is 22.7 Å². The number of furan rings is 1. The molecule has 2 heterocycles. The molecule has 1 fully saturated rings. The second kappa shape index (κ2) is 8.08. The minimum Gasteiger partial charge on any atom is -0.457 e. The third kappa shape index (κ3) is 3.93. The number of thiocarbonyl (C=S) groups is 1. The molecule has 1 N–H and O–H groups in total. The number of anilines is 1. The molecule has 31 heavy (non-hydrogen) atoms. The van der Waals surface area contributed by atoms with Gasteiger partial charge in [0.05, 0.1) is 5.69 Å². The number of para-hydroxylation sites is 1. The highest BCUT2D eigenvalue weighted by Crippen LogP contribution is 2.27. The maximum absolute atomic E-state index is 14.2. The van der Waals surface area contributed by atoms with Gasteiger partial charge in [0, 0.05) is 11.1 Å². The first-order chi connectivity index (χ1) is 14.8. The molecule has 1 aliphatic rings. The lowest BCUT2D eigenvalue weighted by atomic mass is 10.1. The van der Waals surface area contributed by atoms with Gasteiger partial charge in [-0.2, -0.15) is 0 Å². The zero-order valence-electron chi connectivity index (χ0n) is 16.2. The lowest BCUT2D eigenvalue weighted by Gasteiger charge is -2.28. The van der Waals surface area contributed by atoms with Gasteiger partial charge in [-0.05, 0) is 55.5 Å². The second-order valence-electron chi connectivity index (χ2n) is 6.75. The fourth-order valence-electron chi connectivity index (χ4n) is 3.13. The first-order valence-electron chi connectivity index (χ1n) is 9.22. The van der Waals surface area contributed by atoms with Crippen molar-refractivity contribution in [1.29, 1.82) is 0 Å². The molecule has 0 saturated carbocycles. The molecule has 6 nitrogen and oxygen atoms in total. The van der Waals surface area contributed by atoms with E-state index in [-0.39, 0.29) is 27.9 Å². The first-order valence-corrected chi connectivity index (χ1v) is 9.63. The number of Topliss-reactive ketones (excluding diaryl/α,β-unsaturated/α-hetero) is 1. The van der Waals surface area contributed by atoms with Crippen LogP contribution in [0.3, 0.4) is 0 Å². The van der Waals surface area contributed by atoms with Gasteiger partial charge in [-0.25, -0.2) is 9.29 Å². The van der Waals surface area contributed by atoms with Crippen molar-refractivity contribution < 1.29 is 23.2 Å². The molecule has 3 aromatic rings. The fourth-order valence-corrected chi connectivity index (χ4v) is 3.40. The van der Waals surface area contributed by atoms with Crippen molar-refractivity contribution in [3.8, 4) is 11.3 Å². The van der Waals surface area contributed by atoms with Gasteiger partial charge < -0.3 is 4.42 Å². The Kier molecular flexibility index (Phi) is 5.31.